The van der Waals surface area contributed by atoms with E-state index < -0.39 is 10.0 Å². The minimum Gasteiger partial charge on any atom is -0.494 e. The molecule has 160 valence electrons. The fourth-order valence-electron chi connectivity index (χ4n) is 4.03. The average Bonchev–Trinajstić information content (AvgIpc) is 2.74. The fourth-order valence-corrected chi connectivity index (χ4v) is 5.55. The number of hydrogen-bond donors (Lipinski definition) is 1. The van der Waals surface area contributed by atoms with Crippen molar-refractivity contribution in [3.05, 3.63) is 24.3 Å². The van der Waals surface area contributed by atoms with Gasteiger partial charge in [0.1, 0.15) is 5.75 Å². The van der Waals surface area contributed by atoms with Crippen LogP contribution in [0.25, 0.3) is 0 Å². The van der Waals surface area contributed by atoms with E-state index in [4.69, 9.17) is 10.5 Å². The van der Waals surface area contributed by atoms with Crippen LogP contribution in [0.15, 0.2) is 29.2 Å². The molecule has 0 unspecified atom stereocenters. The van der Waals surface area contributed by atoms with Crippen molar-refractivity contribution >= 4 is 21.8 Å². The predicted octanol–water partition coefficient (Wildman–Crippen LogP) is 1.21. The minimum atomic E-state index is -3.67. The van der Waals surface area contributed by atoms with Crippen LogP contribution in [0.5, 0.6) is 5.75 Å². The molecule has 0 aromatic heterocycles. The molecule has 0 saturated carbocycles. The first-order chi connectivity index (χ1) is 13.8. The van der Waals surface area contributed by atoms with Crippen molar-refractivity contribution in [3.63, 3.8) is 0 Å². The molecule has 29 heavy (non-hydrogen) atoms. The van der Waals surface area contributed by atoms with Gasteiger partial charge in [-0.2, -0.15) is 4.31 Å². The zero-order chi connectivity index (χ0) is 21.0. The summed E-state index contributed by atoms with van der Waals surface area (Å²) >= 11 is 0. The van der Waals surface area contributed by atoms with E-state index in [9.17, 15) is 18.0 Å². The van der Waals surface area contributed by atoms with Gasteiger partial charge in [0.15, 0.2) is 0 Å². The second-order valence-corrected chi connectivity index (χ2v) is 9.55. The summed E-state index contributed by atoms with van der Waals surface area (Å²) in [6.45, 7) is 3.96. The highest BCUT2D eigenvalue weighted by atomic mass is 32.2. The molecule has 9 heteroatoms. The maximum atomic E-state index is 13.0. The molecule has 8 nitrogen and oxygen atoms in total. The van der Waals surface area contributed by atoms with Crippen molar-refractivity contribution in [3.8, 4) is 5.75 Å². The number of piperidine rings is 2. The van der Waals surface area contributed by atoms with Crippen LogP contribution in [0.3, 0.4) is 0 Å². The number of amides is 2. The molecule has 1 aromatic carbocycles. The van der Waals surface area contributed by atoms with Gasteiger partial charge in [0.25, 0.3) is 0 Å². The molecule has 0 bridgehead atoms. The van der Waals surface area contributed by atoms with Crippen LogP contribution in [0, 0.1) is 11.8 Å². The standard InChI is InChI=1S/C20H29N3O5S/c1-2-28-17-5-7-18(8-6-17)29(26,27)23-11-3-4-16(14-23)20(25)22-12-9-15(10-13-22)19(21)24/h5-8,15-16H,2-4,9-14H2,1H3,(H2,21,24)/t16-/m0/s1. The van der Waals surface area contributed by atoms with Crippen molar-refractivity contribution in [2.24, 2.45) is 17.6 Å². The number of carbonyl (C=O) groups is 2. The highest BCUT2D eigenvalue weighted by Gasteiger charge is 2.36. The van der Waals surface area contributed by atoms with E-state index in [1.807, 2.05) is 6.92 Å². The van der Waals surface area contributed by atoms with Gasteiger partial charge in [-0.1, -0.05) is 0 Å². The van der Waals surface area contributed by atoms with E-state index in [1.165, 1.54) is 4.31 Å². The van der Waals surface area contributed by atoms with E-state index in [2.05, 4.69) is 0 Å². The fraction of sp³-hybridized carbons (Fsp3) is 0.600. The molecule has 2 heterocycles. The van der Waals surface area contributed by atoms with Gasteiger partial charge in [0, 0.05) is 32.1 Å². The van der Waals surface area contributed by atoms with Gasteiger partial charge in [0.05, 0.1) is 17.4 Å². The molecule has 2 N–H and O–H groups in total. The largest absolute Gasteiger partial charge is 0.494 e. The van der Waals surface area contributed by atoms with Crippen LogP contribution in [0.4, 0.5) is 0 Å². The van der Waals surface area contributed by atoms with Crippen LogP contribution in [-0.2, 0) is 19.6 Å². The summed E-state index contributed by atoms with van der Waals surface area (Å²) in [6.07, 6.45) is 2.46. The SMILES string of the molecule is CCOc1ccc(S(=O)(=O)N2CCC[C@H](C(=O)N3CCC(C(N)=O)CC3)C2)cc1. The van der Waals surface area contributed by atoms with Gasteiger partial charge >= 0.3 is 0 Å². The summed E-state index contributed by atoms with van der Waals surface area (Å²) in [5, 5.41) is 0. The molecule has 0 spiro atoms. The Morgan fingerprint density at radius 3 is 2.31 bits per heavy atom. The number of likely N-dealkylation sites (tertiary alicyclic amines) is 1. The molecule has 2 aliphatic heterocycles. The molecule has 1 atom stereocenters. The molecule has 2 saturated heterocycles. The number of sulfonamides is 1. The Balaban J connectivity index is 1.65. The third-order valence-corrected chi connectivity index (χ3v) is 7.59. The number of nitrogens with zero attached hydrogens (tertiary/aromatic N) is 2. The van der Waals surface area contributed by atoms with Crippen molar-refractivity contribution in [2.45, 2.75) is 37.5 Å². The zero-order valence-corrected chi connectivity index (χ0v) is 17.6. The minimum absolute atomic E-state index is 0.0282. The van der Waals surface area contributed by atoms with Crippen LogP contribution >= 0.6 is 0 Å². The molecule has 0 radical (unpaired) electrons. The predicted molar refractivity (Wildman–Crippen MR) is 108 cm³/mol. The summed E-state index contributed by atoms with van der Waals surface area (Å²) in [7, 11) is -3.67. The van der Waals surface area contributed by atoms with Crippen LogP contribution in [0.2, 0.25) is 0 Å². The normalized spacial score (nSPS) is 21.7. The third kappa shape index (κ3) is 4.90. The number of benzene rings is 1. The van der Waals surface area contributed by atoms with Crippen LogP contribution < -0.4 is 10.5 Å². The Labute approximate surface area is 172 Å². The average molecular weight is 424 g/mol. The smallest absolute Gasteiger partial charge is 0.243 e. The number of hydrogen-bond acceptors (Lipinski definition) is 5. The topological polar surface area (TPSA) is 110 Å². The Morgan fingerprint density at radius 1 is 1.07 bits per heavy atom. The Bertz CT molecular complexity index is 832. The number of ether oxygens (including phenoxy) is 1. The van der Waals surface area contributed by atoms with Crippen LogP contribution in [-0.4, -0.2) is 62.2 Å². The molecule has 0 aliphatic carbocycles. The van der Waals surface area contributed by atoms with Gasteiger partial charge in [-0.15, -0.1) is 0 Å². The number of nitrogens with two attached hydrogens (primary N) is 1. The summed E-state index contributed by atoms with van der Waals surface area (Å²) in [6, 6.07) is 6.37. The number of rotatable bonds is 6. The lowest BCUT2D eigenvalue weighted by molar-refractivity contribution is -0.139. The lowest BCUT2D eigenvalue weighted by Crippen LogP contribution is -2.49. The first-order valence-electron chi connectivity index (χ1n) is 10.1. The lowest BCUT2D eigenvalue weighted by Gasteiger charge is -2.37. The van der Waals surface area contributed by atoms with Gasteiger partial charge in [-0.3, -0.25) is 9.59 Å². The van der Waals surface area contributed by atoms with Gasteiger partial charge in [-0.25, -0.2) is 8.42 Å². The Hall–Kier alpha value is -2.13. The van der Waals surface area contributed by atoms with E-state index in [-0.39, 0.29) is 35.1 Å². The van der Waals surface area contributed by atoms with E-state index in [0.717, 1.165) is 0 Å². The van der Waals surface area contributed by atoms with Gasteiger partial charge in [-0.05, 0) is 56.9 Å². The number of carbonyl (C=O) groups excluding carboxylic acids is 2. The summed E-state index contributed by atoms with van der Waals surface area (Å²) < 4.78 is 32.8. The molecular weight excluding hydrogens is 394 g/mol. The first-order valence-corrected chi connectivity index (χ1v) is 11.6. The monoisotopic (exact) mass is 423 g/mol. The number of primary amides is 1. The zero-order valence-electron chi connectivity index (χ0n) is 16.7. The maximum absolute atomic E-state index is 13.0. The van der Waals surface area contributed by atoms with Crippen LogP contribution in [0.1, 0.15) is 32.6 Å². The summed E-state index contributed by atoms with van der Waals surface area (Å²) in [5.41, 5.74) is 5.36. The summed E-state index contributed by atoms with van der Waals surface area (Å²) in [5.74, 6) is -0.257. The molecule has 3 rings (SSSR count). The molecule has 2 aliphatic rings. The van der Waals surface area contributed by atoms with Gasteiger partial charge in [0.2, 0.25) is 21.8 Å². The second kappa shape index (κ2) is 9.13. The molecular formula is C20H29N3O5S. The van der Waals surface area contributed by atoms with E-state index in [1.54, 1.807) is 29.2 Å². The van der Waals surface area contributed by atoms with Gasteiger partial charge < -0.3 is 15.4 Å². The van der Waals surface area contributed by atoms with Crippen molar-refractivity contribution < 1.29 is 22.7 Å². The second-order valence-electron chi connectivity index (χ2n) is 7.61. The molecule has 1 aromatic rings. The third-order valence-electron chi connectivity index (χ3n) is 5.71. The van der Waals surface area contributed by atoms with Crippen molar-refractivity contribution in [2.75, 3.05) is 32.8 Å². The lowest BCUT2D eigenvalue weighted by atomic mass is 9.93. The Kier molecular flexibility index (Phi) is 6.79. The van der Waals surface area contributed by atoms with E-state index >= 15 is 0 Å². The Morgan fingerprint density at radius 2 is 1.72 bits per heavy atom. The first kappa shape index (κ1) is 21.6. The quantitative estimate of drug-likeness (QED) is 0.739. The highest BCUT2D eigenvalue weighted by Crippen LogP contribution is 2.27. The molecule has 2 fully saturated rings. The van der Waals surface area contributed by atoms with Crippen molar-refractivity contribution in [1.82, 2.24) is 9.21 Å². The molecule has 2 amide bonds. The van der Waals surface area contributed by atoms with E-state index in [0.29, 0.717) is 57.7 Å². The highest BCUT2D eigenvalue weighted by molar-refractivity contribution is 7.89. The summed E-state index contributed by atoms with van der Waals surface area (Å²) in [4.78, 5) is 26.2. The van der Waals surface area contributed by atoms with Crippen molar-refractivity contribution in [1.29, 1.82) is 0 Å². The maximum Gasteiger partial charge on any atom is 0.243 e.